The van der Waals surface area contributed by atoms with Crippen LogP contribution in [0.5, 0.6) is 5.75 Å². The molecule has 26 heavy (non-hydrogen) atoms. The van der Waals surface area contributed by atoms with Crippen LogP contribution < -0.4 is 4.74 Å². The van der Waals surface area contributed by atoms with Crippen LogP contribution in [-0.2, 0) is 9.53 Å². The van der Waals surface area contributed by atoms with Crippen molar-refractivity contribution < 1.29 is 14.3 Å². The summed E-state index contributed by atoms with van der Waals surface area (Å²) in [6.45, 7) is 7.84. The van der Waals surface area contributed by atoms with Gasteiger partial charge in [-0.3, -0.25) is 4.79 Å². The van der Waals surface area contributed by atoms with Gasteiger partial charge in [-0.15, -0.1) is 0 Å². The van der Waals surface area contributed by atoms with E-state index in [9.17, 15) is 4.79 Å². The first-order valence-electron chi connectivity index (χ1n) is 10.0. The van der Waals surface area contributed by atoms with Crippen LogP contribution in [-0.4, -0.2) is 35.8 Å². The zero-order valence-electron chi connectivity index (χ0n) is 16.2. The Labute approximate surface area is 156 Å². The summed E-state index contributed by atoms with van der Waals surface area (Å²) in [6, 6.07) is 10.2. The Kier molecular flexibility index (Phi) is 4.50. The van der Waals surface area contributed by atoms with Crippen LogP contribution in [0.1, 0.15) is 52.9 Å². The molecule has 4 nitrogen and oxygen atoms in total. The van der Waals surface area contributed by atoms with Gasteiger partial charge in [-0.05, 0) is 61.1 Å². The lowest BCUT2D eigenvalue weighted by atomic mass is 9.88. The molecule has 4 heteroatoms. The predicted molar refractivity (Wildman–Crippen MR) is 99.6 cm³/mol. The molecule has 1 aromatic carbocycles. The highest BCUT2D eigenvalue weighted by molar-refractivity contribution is 5.78. The topological polar surface area (TPSA) is 38.8 Å². The maximum absolute atomic E-state index is 12.7. The first-order chi connectivity index (χ1) is 12.4. The highest BCUT2D eigenvalue weighted by atomic mass is 16.5. The normalized spacial score (nSPS) is 35.0. The second kappa shape index (κ2) is 6.56. The number of amides is 1. The van der Waals surface area contributed by atoms with Crippen LogP contribution >= 0.6 is 0 Å². The molecule has 1 radical (unpaired) electrons. The fourth-order valence-corrected chi connectivity index (χ4v) is 5.36. The van der Waals surface area contributed by atoms with E-state index in [0.29, 0.717) is 17.6 Å². The van der Waals surface area contributed by atoms with Gasteiger partial charge >= 0.3 is 0 Å². The Hall–Kier alpha value is -1.55. The smallest absolute Gasteiger partial charge is 0.262 e. The Morgan fingerprint density at radius 1 is 1.35 bits per heavy atom. The number of rotatable bonds is 5. The van der Waals surface area contributed by atoms with Crippen molar-refractivity contribution in [1.29, 1.82) is 0 Å². The van der Waals surface area contributed by atoms with Crippen molar-refractivity contribution in [3.05, 3.63) is 30.3 Å². The molecule has 0 aromatic heterocycles. The molecule has 0 N–H and O–H groups in total. The Balaban J connectivity index is 1.40. The van der Waals surface area contributed by atoms with Gasteiger partial charge in [0.2, 0.25) is 0 Å². The third kappa shape index (κ3) is 2.92. The fourth-order valence-electron chi connectivity index (χ4n) is 5.36. The van der Waals surface area contributed by atoms with Gasteiger partial charge in [0.1, 0.15) is 12.0 Å². The van der Waals surface area contributed by atoms with Crippen molar-refractivity contribution in [2.75, 3.05) is 13.2 Å². The molecule has 0 spiro atoms. The number of carbonyl (C=O) groups is 1. The highest BCUT2D eigenvalue weighted by Gasteiger charge is 2.73. The van der Waals surface area contributed by atoms with Gasteiger partial charge < -0.3 is 14.4 Å². The number of ether oxygens (including phenoxy) is 2. The standard InChI is InChI=1S/C22H30NO3/c1-16-11-12-18-21(2,3)22(18,14-16)26-20-10-7-13-23(20)19(24)15-25-17-8-5-4-6-9-17/h4-5,8-9,16,18,20H,7,10-15H2,1-3H3/t16?,18?,20-,22?/m0/s1. The number of likely N-dealkylation sites (tertiary alicyclic amines) is 1. The molecule has 2 saturated carbocycles. The third-order valence-corrected chi connectivity index (χ3v) is 6.95. The van der Waals surface area contributed by atoms with Gasteiger partial charge in [0, 0.05) is 6.54 Å². The van der Waals surface area contributed by atoms with E-state index in [2.05, 4.69) is 26.8 Å². The summed E-state index contributed by atoms with van der Waals surface area (Å²) in [5.41, 5.74) is 0.193. The van der Waals surface area contributed by atoms with E-state index in [0.717, 1.165) is 25.8 Å². The lowest BCUT2D eigenvalue weighted by Gasteiger charge is -2.34. The molecule has 1 aromatic rings. The monoisotopic (exact) mass is 356 g/mol. The summed E-state index contributed by atoms with van der Waals surface area (Å²) in [6.07, 6.45) is 5.52. The Morgan fingerprint density at radius 2 is 2.19 bits per heavy atom. The molecule has 1 saturated heterocycles. The molecule has 3 unspecified atom stereocenters. The lowest BCUT2D eigenvalue weighted by Crippen LogP contribution is -2.44. The van der Waals surface area contributed by atoms with Crippen LogP contribution in [0, 0.1) is 23.3 Å². The summed E-state index contributed by atoms with van der Waals surface area (Å²) in [5.74, 6) is 2.04. The van der Waals surface area contributed by atoms with E-state index in [4.69, 9.17) is 9.47 Å². The highest BCUT2D eigenvalue weighted by Crippen LogP contribution is 2.71. The molecule has 2 aliphatic carbocycles. The van der Waals surface area contributed by atoms with Gasteiger partial charge in [0.15, 0.2) is 6.61 Å². The first-order valence-corrected chi connectivity index (χ1v) is 10.0. The van der Waals surface area contributed by atoms with Gasteiger partial charge in [-0.25, -0.2) is 0 Å². The van der Waals surface area contributed by atoms with E-state index >= 15 is 0 Å². The number of fused-ring (bicyclic) bond motifs is 1. The second-order valence-corrected chi connectivity index (χ2v) is 8.88. The molecule has 1 heterocycles. The van der Waals surface area contributed by atoms with Crippen molar-refractivity contribution in [3.63, 3.8) is 0 Å². The van der Waals surface area contributed by atoms with E-state index in [-0.39, 0.29) is 29.8 Å². The summed E-state index contributed by atoms with van der Waals surface area (Å²) in [7, 11) is 0. The molecule has 4 atom stereocenters. The van der Waals surface area contributed by atoms with Crippen LogP contribution in [0.2, 0.25) is 0 Å². The molecule has 3 aliphatic rings. The third-order valence-electron chi connectivity index (χ3n) is 6.95. The molecule has 0 bridgehead atoms. The molecular weight excluding hydrogens is 326 g/mol. The van der Waals surface area contributed by atoms with Gasteiger partial charge in [0.25, 0.3) is 5.91 Å². The zero-order chi connectivity index (χ0) is 18.4. The zero-order valence-corrected chi connectivity index (χ0v) is 16.2. The largest absolute Gasteiger partial charge is 0.484 e. The van der Waals surface area contributed by atoms with Crippen LogP contribution in [0.25, 0.3) is 0 Å². The van der Waals surface area contributed by atoms with Crippen molar-refractivity contribution in [2.24, 2.45) is 17.3 Å². The summed E-state index contributed by atoms with van der Waals surface area (Å²) < 4.78 is 12.4. The van der Waals surface area contributed by atoms with Crippen molar-refractivity contribution in [1.82, 2.24) is 4.90 Å². The number of hydrogen-bond donors (Lipinski definition) is 0. The SMILES string of the molecule is CC1CCC2C(C)(C)C2(O[C@H]2CCCN2C(=O)COc2c[c]ccc2)C1. The van der Waals surface area contributed by atoms with Crippen LogP contribution in [0.15, 0.2) is 24.3 Å². The maximum atomic E-state index is 12.7. The first kappa shape index (κ1) is 17.8. The van der Waals surface area contributed by atoms with E-state index in [1.165, 1.54) is 12.8 Å². The van der Waals surface area contributed by atoms with Crippen molar-refractivity contribution in [2.45, 2.75) is 64.7 Å². The van der Waals surface area contributed by atoms with E-state index in [1.54, 1.807) is 6.07 Å². The molecule has 1 aliphatic heterocycles. The molecule has 3 fully saturated rings. The van der Waals surface area contributed by atoms with Gasteiger partial charge in [0.05, 0.1) is 5.60 Å². The van der Waals surface area contributed by atoms with Gasteiger partial charge in [-0.2, -0.15) is 0 Å². The lowest BCUT2D eigenvalue weighted by molar-refractivity contribution is -0.158. The minimum Gasteiger partial charge on any atom is -0.484 e. The minimum absolute atomic E-state index is 0.0200. The Morgan fingerprint density at radius 3 is 2.96 bits per heavy atom. The summed E-state index contributed by atoms with van der Waals surface area (Å²) >= 11 is 0. The second-order valence-electron chi connectivity index (χ2n) is 8.88. The molecule has 141 valence electrons. The summed E-state index contributed by atoms with van der Waals surface area (Å²) in [4.78, 5) is 14.6. The van der Waals surface area contributed by atoms with Crippen LogP contribution in [0.3, 0.4) is 0 Å². The van der Waals surface area contributed by atoms with Crippen molar-refractivity contribution in [3.8, 4) is 5.75 Å². The molecule has 4 rings (SSSR count). The predicted octanol–water partition coefficient (Wildman–Crippen LogP) is 4.05. The number of hydrogen-bond acceptors (Lipinski definition) is 3. The van der Waals surface area contributed by atoms with E-state index < -0.39 is 0 Å². The van der Waals surface area contributed by atoms with Crippen molar-refractivity contribution >= 4 is 5.91 Å². The van der Waals surface area contributed by atoms with Crippen LogP contribution in [0.4, 0.5) is 0 Å². The quantitative estimate of drug-likeness (QED) is 0.799. The number of benzene rings is 1. The van der Waals surface area contributed by atoms with Gasteiger partial charge in [-0.1, -0.05) is 39.3 Å². The number of carbonyl (C=O) groups excluding carboxylic acids is 1. The minimum atomic E-state index is -0.0944. The maximum Gasteiger partial charge on any atom is 0.262 e. The fraction of sp³-hybridized carbons (Fsp3) is 0.682. The van der Waals surface area contributed by atoms with E-state index in [1.807, 2.05) is 23.1 Å². The average Bonchev–Trinajstić information content (AvgIpc) is 2.93. The average molecular weight is 356 g/mol. The number of nitrogens with zero attached hydrogens (tertiary/aromatic N) is 1. The molecule has 1 amide bonds. The summed E-state index contributed by atoms with van der Waals surface area (Å²) in [5, 5.41) is 0. The Bertz CT molecular complexity index is 659. The molecular formula is C22H30NO3.